The van der Waals surface area contributed by atoms with Gasteiger partial charge in [0, 0.05) is 32.1 Å². The second-order valence-electron chi connectivity index (χ2n) is 16.8. The van der Waals surface area contributed by atoms with Crippen LogP contribution in [-0.4, -0.2) is 111 Å². The summed E-state index contributed by atoms with van der Waals surface area (Å²) in [6.45, 7) is 6.88. The maximum absolute atomic E-state index is 15.9. The van der Waals surface area contributed by atoms with Crippen LogP contribution in [0.15, 0.2) is 71.8 Å². The van der Waals surface area contributed by atoms with E-state index >= 15 is 4.79 Å². The van der Waals surface area contributed by atoms with E-state index in [-0.39, 0.29) is 23.1 Å². The van der Waals surface area contributed by atoms with Crippen LogP contribution in [0.4, 0.5) is 4.79 Å². The SMILES string of the molecule is CC(=O)O[C@H]1C(=O)[C@]2(C)[C@@H](OC(=O)OCC(Cl)(Cl)Cl)CC3OCC3(OC(C)=O)[C@H]2[C@@H](OC(=O)c2ccccc2)[C@]2(O)C[C@H](OC(=O)[C@H](O)[C@@H](N)c3ccccc3)C(C)=C1C2(C)C. The van der Waals surface area contributed by atoms with E-state index in [4.69, 9.17) is 73.7 Å². The van der Waals surface area contributed by atoms with Crippen LogP contribution in [0.5, 0.6) is 0 Å². The second kappa shape index (κ2) is 17.4. The van der Waals surface area contributed by atoms with Crippen LogP contribution >= 0.6 is 34.8 Å². The van der Waals surface area contributed by atoms with Gasteiger partial charge in [0.05, 0.1) is 29.5 Å². The molecule has 3 fully saturated rings. The molecular weight excluding hydrogens is 877 g/mol. The lowest BCUT2D eigenvalue weighted by Crippen LogP contribution is -2.82. The van der Waals surface area contributed by atoms with Gasteiger partial charge in [-0.05, 0) is 42.7 Å². The molecule has 19 heteroatoms. The summed E-state index contributed by atoms with van der Waals surface area (Å²) < 4.78 is 39.2. The van der Waals surface area contributed by atoms with E-state index < -0.39 is 130 Å². The normalized spacial score (nSPS) is 32.2. The highest BCUT2D eigenvalue weighted by Crippen LogP contribution is 2.65. The molecule has 2 aromatic carbocycles. The number of fused-ring (bicyclic) bond motifs is 5. The van der Waals surface area contributed by atoms with E-state index in [0.29, 0.717) is 5.56 Å². The van der Waals surface area contributed by atoms with E-state index in [9.17, 15) is 34.2 Å². The molecule has 16 nitrogen and oxygen atoms in total. The Morgan fingerprint density at radius 1 is 0.919 bits per heavy atom. The fraction of sp³-hybridized carbons (Fsp3) is 0.535. The maximum atomic E-state index is 15.9. The molecule has 0 spiro atoms. The van der Waals surface area contributed by atoms with Crippen molar-refractivity contribution in [2.45, 2.75) is 112 Å². The van der Waals surface area contributed by atoms with E-state index in [1.165, 1.54) is 39.8 Å². The van der Waals surface area contributed by atoms with E-state index in [1.807, 2.05) is 0 Å². The number of aliphatic hydroxyl groups excluding tert-OH is 1. The summed E-state index contributed by atoms with van der Waals surface area (Å²) in [7, 11) is 0. The predicted molar refractivity (Wildman–Crippen MR) is 218 cm³/mol. The summed E-state index contributed by atoms with van der Waals surface area (Å²) in [6, 6.07) is 14.7. The van der Waals surface area contributed by atoms with Crippen LogP contribution in [0, 0.1) is 16.7 Å². The smallest absolute Gasteiger partial charge is 0.456 e. The van der Waals surface area contributed by atoms with Crippen LogP contribution in [-0.2, 0) is 52.3 Å². The summed E-state index contributed by atoms with van der Waals surface area (Å²) in [5.74, 6) is -6.62. The van der Waals surface area contributed by atoms with Gasteiger partial charge in [0.1, 0.15) is 36.6 Å². The molecule has 336 valence electrons. The number of hydrogen-bond donors (Lipinski definition) is 3. The first-order chi connectivity index (χ1) is 28.9. The highest BCUT2D eigenvalue weighted by atomic mass is 35.6. The molecule has 2 unspecified atom stereocenters. The third-order valence-corrected chi connectivity index (χ3v) is 13.1. The summed E-state index contributed by atoms with van der Waals surface area (Å²) in [6.07, 6.45) is -12.3. The molecule has 3 aliphatic carbocycles. The molecule has 4 aliphatic rings. The van der Waals surface area contributed by atoms with Crippen molar-refractivity contribution in [2.75, 3.05) is 13.2 Å². The molecule has 11 atom stereocenters. The lowest BCUT2D eigenvalue weighted by molar-refractivity contribution is -0.346. The van der Waals surface area contributed by atoms with Crippen LogP contribution < -0.4 is 5.73 Å². The Kier molecular flexibility index (Phi) is 13.2. The standard InChI is InChI=1S/C43H48Cl3NO15/c1-21-26(59-37(53)31(50)30(47)24-13-9-7-10-14-24)18-42(55)35(61-36(52)25-15-11-8-12-16-25)33-40(6,34(51)32(58-22(2)48)29(21)39(42,4)5)27(60-38(54)57-20-43(44,45)46)17-28-41(33,19-56-28)62-23(3)49/h7-16,26-28,30-33,35,50,55H,17-20,47H2,1-6H3/t26-,27-,28?,30-,31+,32+,33-,35+,40+,41?,42+/m0/s1. The lowest BCUT2D eigenvalue weighted by atomic mass is 9.44. The zero-order chi connectivity index (χ0) is 45.7. The van der Waals surface area contributed by atoms with Gasteiger partial charge in [0.25, 0.3) is 0 Å². The maximum Gasteiger partial charge on any atom is 0.508 e. The number of Topliss-reactive ketones (excluding diaryl/α,β-unsaturated/α-hetero) is 1. The van der Waals surface area contributed by atoms with Crippen molar-refractivity contribution in [3.8, 4) is 0 Å². The largest absolute Gasteiger partial charge is 0.508 e. The van der Waals surface area contributed by atoms with Gasteiger partial charge in [-0.15, -0.1) is 0 Å². The third kappa shape index (κ3) is 8.42. The molecular formula is C43H48Cl3NO15. The van der Waals surface area contributed by atoms with Crippen molar-refractivity contribution < 1.29 is 72.1 Å². The van der Waals surface area contributed by atoms with Gasteiger partial charge in [0.2, 0.25) is 3.79 Å². The molecule has 2 aromatic rings. The first kappa shape index (κ1) is 47.2. The molecule has 0 radical (unpaired) electrons. The first-order valence-electron chi connectivity index (χ1n) is 19.7. The number of halogens is 3. The molecule has 0 aromatic heterocycles. The third-order valence-electron chi connectivity index (χ3n) is 12.8. The number of alkyl halides is 3. The van der Waals surface area contributed by atoms with Gasteiger partial charge < -0.3 is 49.1 Å². The molecule has 1 saturated heterocycles. The fourth-order valence-corrected chi connectivity index (χ4v) is 9.84. The number of ketones is 1. The van der Waals surface area contributed by atoms with Crippen molar-refractivity contribution in [2.24, 2.45) is 22.5 Å². The summed E-state index contributed by atoms with van der Waals surface area (Å²) in [5, 5.41) is 24.9. The number of nitrogens with two attached hydrogens (primary N) is 1. The Morgan fingerprint density at radius 2 is 1.53 bits per heavy atom. The lowest BCUT2D eigenvalue weighted by Gasteiger charge is -2.67. The predicted octanol–water partition coefficient (Wildman–Crippen LogP) is 4.80. The Morgan fingerprint density at radius 3 is 2.08 bits per heavy atom. The zero-order valence-electron chi connectivity index (χ0n) is 34.6. The van der Waals surface area contributed by atoms with E-state index in [1.54, 1.807) is 48.5 Å². The van der Waals surface area contributed by atoms with Gasteiger partial charge >= 0.3 is 30.0 Å². The van der Waals surface area contributed by atoms with Gasteiger partial charge in [-0.1, -0.05) is 97.2 Å². The molecule has 2 bridgehead atoms. The van der Waals surface area contributed by atoms with Crippen LogP contribution in [0.2, 0.25) is 0 Å². The first-order valence-corrected chi connectivity index (χ1v) is 20.8. The minimum atomic E-state index is -2.46. The Labute approximate surface area is 372 Å². The topological polar surface area (TPSA) is 234 Å². The number of esters is 4. The summed E-state index contributed by atoms with van der Waals surface area (Å²) in [5.41, 5.74) is -1.49. The minimum absolute atomic E-state index is 0.0207. The molecule has 1 aliphatic heterocycles. The number of rotatable bonds is 10. The summed E-state index contributed by atoms with van der Waals surface area (Å²) >= 11 is 17.5. The Hall–Kier alpha value is -4.29. The van der Waals surface area contributed by atoms with Crippen molar-refractivity contribution in [3.05, 3.63) is 82.9 Å². The van der Waals surface area contributed by atoms with Crippen LogP contribution in [0.1, 0.15) is 76.3 Å². The highest BCUT2D eigenvalue weighted by molar-refractivity contribution is 6.67. The highest BCUT2D eigenvalue weighted by Gasteiger charge is 2.79. The van der Waals surface area contributed by atoms with Gasteiger partial charge in [0.15, 0.2) is 23.6 Å². The number of carbonyl (C=O) groups is 6. The van der Waals surface area contributed by atoms with Gasteiger partial charge in [-0.3, -0.25) is 14.4 Å². The van der Waals surface area contributed by atoms with Crippen molar-refractivity contribution >= 4 is 70.6 Å². The molecule has 6 rings (SSSR count). The van der Waals surface area contributed by atoms with Crippen LogP contribution in [0.25, 0.3) is 0 Å². The van der Waals surface area contributed by atoms with Crippen molar-refractivity contribution in [1.29, 1.82) is 0 Å². The van der Waals surface area contributed by atoms with Gasteiger partial charge in [-0.25, -0.2) is 14.4 Å². The number of hydrogen-bond acceptors (Lipinski definition) is 16. The molecule has 4 N–H and O–H groups in total. The quantitative estimate of drug-likeness (QED) is 0.126. The van der Waals surface area contributed by atoms with Crippen LogP contribution in [0.3, 0.4) is 0 Å². The number of aliphatic hydroxyl groups is 2. The molecule has 2 saturated carbocycles. The number of ether oxygens (including phenoxy) is 7. The Balaban J connectivity index is 1.60. The average Bonchev–Trinajstić information content (AvgIpc) is 3.20. The van der Waals surface area contributed by atoms with Gasteiger partial charge in [-0.2, -0.15) is 0 Å². The van der Waals surface area contributed by atoms with E-state index in [0.717, 1.165) is 13.8 Å². The number of carbonyl (C=O) groups excluding carboxylic acids is 6. The van der Waals surface area contributed by atoms with Crippen molar-refractivity contribution in [1.82, 2.24) is 0 Å². The average molecular weight is 925 g/mol. The second-order valence-corrected chi connectivity index (χ2v) is 19.3. The number of benzene rings is 2. The molecule has 0 amide bonds. The minimum Gasteiger partial charge on any atom is -0.456 e. The fourth-order valence-electron chi connectivity index (χ4n) is 9.67. The monoisotopic (exact) mass is 923 g/mol. The Bertz CT molecular complexity index is 2130. The molecule has 1 heterocycles. The zero-order valence-corrected chi connectivity index (χ0v) is 36.9. The van der Waals surface area contributed by atoms with Crippen molar-refractivity contribution in [3.63, 3.8) is 0 Å². The molecule has 62 heavy (non-hydrogen) atoms. The van der Waals surface area contributed by atoms with E-state index in [2.05, 4.69) is 0 Å². The summed E-state index contributed by atoms with van der Waals surface area (Å²) in [4.78, 5) is 83.7.